The quantitative estimate of drug-likeness (QED) is 0.400. The minimum atomic E-state index is -0.685. The molecule has 0 radical (unpaired) electrons. The van der Waals surface area contributed by atoms with Crippen molar-refractivity contribution in [3.8, 4) is 6.07 Å². The van der Waals surface area contributed by atoms with Crippen LogP contribution in [0.25, 0.3) is 16.5 Å². The molecule has 3 rings (SSSR count). The van der Waals surface area contributed by atoms with Gasteiger partial charge in [0.05, 0.1) is 0 Å². The maximum Gasteiger partial charge on any atom is 0.270 e. The molecular weight excluding hydrogens is 336 g/mol. The highest BCUT2D eigenvalue weighted by molar-refractivity contribution is 6.30. The van der Waals surface area contributed by atoms with E-state index in [1.165, 1.54) is 0 Å². The van der Waals surface area contributed by atoms with E-state index in [4.69, 9.17) is 11.6 Å². The predicted molar refractivity (Wildman–Crippen MR) is 99.2 cm³/mol. The summed E-state index contributed by atoms with van der Waals surface area (Å²) in [6.07, 6.45) is 0. The van der Waals surface area contributed by atoms with E-state index < -0.39 is 5.91 Å². The van der Waals surface area contributed by atoms with Gasteiger partial charge in [0.15, 0.2) is 5.57 Å². The second-order valence-corrected chi connectivity index (χ2v) is 5.79. The number of aliphatic hydroxyl groups is 1. The Bertz CT molecular complexity index is 1020. The zero-order valence-corrected chi connectivity index (χ0v) is 13.8. The number of benzene rings is 3. The van der Waals surface area contributed by atoms with Crippen LogP contribution in [0.2, 0.25) is 5.02 Å². The molecule has 0 atom stereocenters. The highest BCUT2D eigenvalue weighted by Gasteiger charge is 2.17. The van der Waals surface area contributed by atoms with Crippen molar-refractivity contribution in [2.24, 2.45) is 0 Å². The van der Waals surface area contributed by atoms with Gasteiger partial charge in [0.25, 0.3) is 5.91 Å². The van der Waals surface area contributed by atoms with E-state index in [0.29, 0.717) is 16.3 Å². The Hall–Kier alpha value is -3.29. The van der Waals surface area contributed by atoms with E-state index in [9.17, 15) is 15.2 Å². The summed E-state index contributed by atoms with van der Waals surface area (Å²) in [4.78, 5) is 12.3. The van der Waals surface area contributed by atoms with Gasteiger partial charge in [0.1, 0.15) is 11.8 Å². The van der Waals surface area contributed by atoms with Gasteiger partial charge in [-0.15, -0.1) is 0 Å². The lowest BCUT2D eigenvalue weighted by molar-refractivity contribution is -0.112. The number of amides is 1. The number of nitriles is 1. The topological polar surface area (TPSA) is 73.1 Å². The molecule has 4 nitrogen and oxygen atoms in total. The fourth-order valence-corrected chi connectivity index (χ4v) is 2.55. The normalized spacial score (nSPS) is 11.5. The molecule has 2 N–H and O–H groups in total. The third-order valence-corrected chi connectivity index (χ3v) is 3.95. The first-order valence-electron chi connectivity index (χ1n) is 7.48. The van der Waals surface area contributed by atoms with E-state index in [2.05, 4.69) is 5.32 Å². The molecule has 0 aromatic heterocycles. The van der Waals surface area contributed by atoms with Crippen molar-refractivity contribution in [1.29, 1.82) is 5.26 Å². The molecular formula is C20H13ClN2O2. The molecule has 3 aromatic carbocycles. The number of carbonyl (C=O) groups is 1. The molecule has 0 fully saturated rings. The number of carbonyl (C=O) groups excluding carboxylic acids is 1. The van der Waals surface area contributed by atoms with Gasteiger partial charge in [-0.3, -0.25) is 4.79 Å². The number of rotatable bonds is 3. The van der Waals surface area contributed by atoms with Gasteiger partial charge in [-0.2, -0.15) is 5.26 Å². The average Bonchev–Trinajstić information content (AvgIpc) is 2.63. The van der Waals surface area contributed by atoms with Crippen molar-refractivity contribution in [1.82, 2.24) is 0 Å². The van der Waals surface area contributed by atoms with E-state index in [1.54, 1.807) is 42.5 Å². The summed E-state index contributed by atoms with van der Waals surface area (Å²) in [5.74, 6) is -1.05. The Morgan fingerprint density at radius 3 is 2.36 bits per heavy atom. The van der Waals surface area contributed by atoms with E-state index in [1.807, 2.05) is 30.3 Å². The van der Waals surface area contributed by atoms with Crippen molar-refractivity contribution < 1.29 is 9.90 Å². The van der Waals surface area contributed by atoms with Crippen LogP contribution in [0.15, 0.2) is 72.3 Å². The molecule has 0 saturated carbocycles. The molecule has 1 amide bonds. The van der Waals surface area contributed by atoms with Crippen LogP contribution in [-0.2, 0) is 4.79 Å². The van der Waals surface area contributed by atoms with Crippen molar-refractivity contribution in [2.75, 3.05) is 5.32 Å². The van der Waals surface area contributed by atoms with Crippen molar-refractivity contribution in [3.63, 3.8) is 0 Å². The van der Waals surface area contributed by atoms with Crippen molar-refractivity contribution >= 4 is 39.7 Å². The number of hydrogen-bond acceptors (Lipinski definition) is 3. The number of aliphatic hydroxyl groups excluding tert-OH is 1. The fourth-order valence-electron chi connectivity index (χ4n) is 2.42. The second kappa shape index (κ2) is 7.08. The molecule has 0 aliphatic heterocycles. The Morgan fingerprint density at radius 1 is 1.00 bits per heavy atom. The van der Waals surface area contributed by atoms with Gasteiger partial charge in [-0.05, 0) is 41.1 Å². The summed E-state index contributed by atoms with van der Waals surface area (Å²) >= 11 is 5.80. The minimum absolute atomic E-state index is 0.356. The van der Waals surface area contributed by atoms with Gasteiger partial charge >= 0.3 is 0 Å². The number of hydrogen-bond donors (Lipinski definition) is 2. The molecule has 0 aliphatic rings. The lowest BCUT2D eigenvalue weighted by atomic mass is 10.0. The van der Waals surface area contributed by atoms with Crippen LogP contribution in [0, 0.1) is 11.3 Å². The Morgan fingerprint density at radius 2 is 1.68 bits per heavy atom. The number of nitrogens with one attached hydrogen (secondary N) is 1. The summed E-state index contributed by atoms with van der Waals surface area (Å²) in [5.41, 5.74) is 0.528. The minimum Gasteiger partial charge on any atom is -0.506 e. The number of nitrogens with zero attached hydrogens (tertiary/aromatic N) is 1. The van der Waals surface area contributed by atoms with Gasteiger partial charge < -0.3 is 10.4 Å². The fraction of sp³-hybridized carbons (Fsp3) is 0. The van der Waals surface area contributed by atoms with Crippen molar-refractivity contribution in [3.05, 3.63) is 82.9 Å². The summed E-state index contributed by atoms with van der Waals surface area (Å²) in [7, 11) is 0. The maximum absolute atomic E-state index is 12.3. The van der Waals surface area contributed by atoms with Crippen LogP contribution in [-0.4, -0.2) is 11.0 Å². The maximum atomic E-state index is 12.3. The molecule has 5 heteroatoms. The Labute approximate surface area is 149 Å². The monoisotopic (exact) mass is 348 g/mol. The lowest BCUT2D eigenvalue weighted by Gasteiger charge is -2.08. The zero-order valence-electron chi connectivity index (χ0n) is 13.0. The van der Waals surface area contributed by atoms with Crippen molar-refractivity contribution in [2.45, 2.75) is 0 Å². The van der Waals surface area contributed by atoms with Crippen LogP contribution in [0.5, 0.6) is 0 Å². The van der Waals surface area contributed by atoms with E-state index >= 15 is 0 Å². The summed E-state index contributed by atoms with van der Waals surface area (Å²) in [6.45, 7) is 0. The van der Waals surface area contributed by atoms with Gasteiger partial charge in [-0.25, -0.2) is 0 Å². The molecule has 0 saturated heterocycles. The zero-order chi connectivity index (χ0) is 17.8. The summed E-state index contributed by atoms with van der Waals surface area (Å²) in [6, 6.07) is 21.1. The molecule has 122 valence electrons. The van der Waals surface area contributed by atoms with E-state index in [-0.39, 0.29) is 11.3 Å². The first kappa shape index (κ1) is 16.6. The highest BCUT2D eigenvalue weighted by atomic mass is 35.5. The molecule has 25 heavy (non-hydrogen) atoms. The molecule has 0 unspecified atom stereocenters. The predicted octanol–water partition coefficient (Wildman–Crippen LogP) is 4.92. The van der Waals surface area contributed by atoms with Crippen LogP contribution in [0.4, 0.5) is 5.69 Å². The number of anilines is 1. The van der Waals surface area contributed by atoms with Crippen LogP contribution >= 0.6 is 11.6 Å². The van der Waals surface area contributed by atoms with Crippen LogP contribution < -0.4 is 5.32 Å². The first-order chi connectivity index (χ1) is 12.1. The summed E-state index contributed by atoms with van der Waals surface area (Å²) in [5, 5.41) is 24.7. The number of fused-ring (bicyclic) bond motifs is 1. The highest BCUT2D eigenvalue weighted by Crippen LogP contribution is 2.23. The SMILES string of the molecule is N#C/C(C(=O)Nc1ccc(Cl)cc1)=C(/O)c1ccc2ccccc2c1. The van der Waals surface area contributed by atoms with E-state index in [0.717, 1.165) is 10.8 Å². The standard InChI is InChI=1S/C20H13ClN2O2/c21-16-7-9-17(10-8-16)23-20(25)18(12-22)19(24)15-6-5-13-3-1-2-4-14(13)11-15/h1-11,24H,(H,23,25)/b19-18-. The Balaban J connectivity index is 1.94. The third-order valence-electron chi connectivity index (χ3n) is 3.70. The average molecular weight is 349 g/mol. The molecule has 0 aliphatic carbocycles. The van der Waals surface area contributed by atoms with Gasteiger partial charge in [0, 0.05) is 16.3 Å². The largest absolute Gasteiger partial charge is 0.506 e. The summed E-state index contributed by atoms with van der Waals surface area (Å²) < 4.78 is 0. The smallest absolute Gasteiger partial charge is 0.270 e. The Kier molecular flexibility index (Phi) is 4.69. The molecule has 0 heterocycles. The number of halogens is 1. The second-order valence-electron chi connectivity index (χ2n) is 5.36. The molecule has 0 spiro atoms. The van der Waals surface area contributed by atoms with Gasteiger partial charge in [0.2, 0.25) is 0 Å². The lowest BCUT2D eigenvalue weighted by Crippen LogP contribution is -2.15. The molecule has 3 aromatic rings. The van der Waals surface area contributed by atoms with Gasteiger partial charge in [-0.1, -0.05) is 48.0 Å². The third kappa shape index (κ3) is 3.63. The first-order valence-corrected chi connectivity index (χ1v) is 7.86. The van der Waals surface area contributed by atoms with Crippen LogP contribution in [0.1, 0.15) is 5.56 Å². The van der Waals surface area contributed by atoms with Crippen LogP contribution in [0.3, 0.4) is 0 Å². The molecule has 0 bridgehead atoms.